The molecule has 0 saturated heterocycles. The van der Waals surface area contributed by atoms with Crippen molar-refractivity contribution in [1.29, 1.82) is 0 Å². The third kappa shape index (κ3) is 3.68. The molecule has 0 amide bonds. The summed E-state index contributed by atoms with van der Waals surface area (Å²) in [6.07, 6.45) is 2.59. The maximum absolute atomic E-state index is 8.93. The van der Waals surface area contributed by atoms with Crippen molar-refractivity contribution in [2.24, 2.45) is 5.73 Å². The molecule has 1 rings (SSSR count). The number of hydrogen-bond acceptors (Lipinski definition) is 4. The number of aryl methyl sites for hydroxylation is 1. The fraction of sp³-hybridized carbons (Fsp3) is 0.615. The van der Waals surface area contributed by atoms with E-state index < -0.39 is 0 Å². The molecule has 0 unspecified atom stereocenters. The highest BCUT2D eigenvalue weighted by molar-refractivity contribution is 5.48. The number of nitrogens with two attached hydrogens (primary N) is 1. The summed E-state index contributed by atoms with van der Waals surface area (Å²) in [5, 5.41) is 8.93. The van der Waals surface area contributed by atoms with Gasteiger partial charge in [0.25, 0.3) is 0 Å². The lowest BCUT2D eigenvalue weighted by atomic mass is 10.1. The Kier molecular flexibility index (Phi) is 5.38. The van der Waals surface area contributed by atoms with Gasteiger partial charge in [0.1, 0.15) is 5.82 Å². The van der Waals surface area contributed by atoms with Crippen molar-refractivity contribution in [3.8, 4) is 0 Å². The number of anilines is 1. The predicted octanol–water partition coefficient (Wildman–Crippen LogP) is 1.45. The van der Waals surface area contributed by atoms with Crippen LogP contribution in [0.25, 0.3) is 0 Å². The lowest BCUT2D eigenvalue weighted by Crippen LogP contribution is -2.33. The van der Waals surface area contributed by atoms with E-state index in [9.17, 15) is 0 Å². The molecule has 1 heterocycles. The first-order valence-corrected chi connectivity index (χ1v) is 6.13. The first kappa shape index (κ1) is 13.9. The fourth-order valence-corrected chi connectivity index (χ4v) is 1.89. The van der Waals surface area contributed by atoms with Crippen molar-refractivity contribution < 1.29 is 5.11 Å². The lowest BCUT2D eigenvalue weighted by molar-refractivity contribution is 0.288. The van der Waals surface area contributed by atoms with Gasteiger partial charge in [0.15, 0.2) is 0 Å². The molecule has 0 aliphatic heterocycles. The molecule has 0 atom stereocenters. The van der Waals surface area contributed by atoms with Gasteiger partial charge in [-0.25, -0.2) is 4.98 Å². The summed E-state index contributed by atoms with van der Waals surface area (Å²) in [7, 11) is 0. The molecule has 0 aromatic carbocycles. The average molecular weight is 237 g/mol. The van der Waals surface area contributed by atoms with Crippen LogP contribution in [0.1, 0.15) is 31.4 Å². The van der Waals surface area contributed by atoms with Crippen molar-refractivity contribution in [3.63, 3.8) is 0 Å². The van der Waals surface area contributed by atoms with Gasteiger partial charge in [-0.3, -0.25) is 0 Å². The molecule has 0 radical (unpaired) electrons. The highest BCUT2D eigenvalue weighted by atomic mass is 16.3. The van der Waals surface area contributed by atoms with E-state index in [1.165, 1.54) is 0 Å². The second-order valence-corrected chi connectivity index (χ2v) is 4.55. The smallest absolute Gasteiger partial charge is 0.131 e. The summed E-state index contributed by atoms with van der Waals surface area (Å²) in [6.45, 7) is 7.88. The molecule has 0 saturated carbocycles. The summed E-state index contributed by atoms with van der Waals surface area (Å²) in [6, 6.07) is 2.45. The molecule has 1 aromatic rings. The molecule has 0 spiro atoms. The average Bonchev–Trinajstić information content (AvgIpc) is 2.30. The number of rotatable bonds is 6. The molecule has 0 fully saturated rings. The van der Waals surface area contributed by atoms with E-state index in [2.05, 4.69) is 36.7 Å². The number of aromatic nitrogens is 1. The largest absolute Gasteiger partial charge is 0.396 e. The monoisotopic (exact) mass is 237 g/mol. The van der Waals surface area contributed by atoms with Gasteiger partial charge in [-0.2, -0.15) is 0 Å². The quantitative estimate of drug-likeness (QED) is 0.786. The number of nitrogens with zero attached hydrogens (tertiary/aromatic N) is 2. The van der Waals surface area contributed by atoms with Crippen LogP contribution in [0.4, 0.5) is 5.82 Å². The summed E-state index contributed by atoms with van der Waals surface area (Å²) in [4.78, 5) is 6.70. The zero-order chi connectivity index (χ0) is 12.8. The Morgan fingerprint density at radius 3 is 2.65 bits per heavy atom. The minimum absolute atomic E-state index is 0.211. The number of aliphatic hydroxyl groups excluding tert-OH is 1. The molecule has 96 valence electrons. The molecule has 4 nitrogen and oxygen atoms in total. The van der Waals surface area contributed by atoms with E-state index in [1.54, 1.807) is 0 Å². The third-order valence-electron chi connectivity index (χ3n) is 2.80. The van der Waals surface area contributed by atoms with Crippen LogP contribution in [-0.2, 0) is 6.54 Å². The Hall–Kier alpha value is -1.13. The van der Waals surface area contributed by atoms with E-state index in [-0.39, 0.29) is 6.61 Å². The Morgan fingerprint density at radius 1 is 1.47 bits per heavy atom. The molecule has 0 bridgehead atoms. The maximum Gasteiger partial charge on any atom is 0.131 e. The van der Waals surface area contributed by atoms with Gasteiger partial charge in [0, 0.05) is 31.9 Å². The summed E-state index contributed by atoms with van der Waals surface area (Å²) < 4.78 is 0. The lowest BCUT2D eigenvalue weighted by Gasteiger charge is -2.29. The van der Waals surface area contributed by atoms with Crippen molar-refractivity contribution in [2.45, 2.75) is 39.8 Å². The van der Waals surface area contributed by atoms with Crippen molar-refractivity contribution >= 4 is 5.82 Å². The molecule has 4 heteroatoms. The Bertz CT molecular complexity index is 353. The van der Waals surface area contributed by atoms with Crippen molar-refractivity contribution in [2.75, 3.05) is 18.1 Å². The van der Waals surface area contributed by atoms with E-state index in [4.69, 9.17) is 10.8 Å². The van der Waals surface area contributed by atoms with Gasteiger partial charge < -0.3 is 15.7 Å². The van der Waals surface area contributed by atoms with Gasteiger partial charge in [0.05, 0.1) is 0 Å². The van der Waals surface area contributed by atoms with E-state index >= 15 is 0 Å². The highest BCUT2D eigenvalue weighted by Gasteiger charge is 2.13. The standard InChI is InChI=1S/C13H23N3O/c1-10(2)16(5-4-6-17)13-11(3)7-12(8-14)9-15-13/h7,9-10,17H,4-6,8,14H2,1-3H3. The second-order valence-electron chi connectivity index (χ2n) is 4.55. The van der Waals surface area contributed by atoms with Crippen LogP contribution in [0.5, 0.6) is 0 Å². The first-order valence-electron chi connectivity index (χ1n) is 6.13. The number of aliphatic hydroxyl groups is 1. The Morgan fingerprint density at radius 2 is 2.18 bits per heavy atom. The molecule has 0 aliphatic carbocycles. The van der Waals surface area contributed by atoms with E-state index in [0.717, 1.165) is 29.9 Å². The molecule has 17 heavy (non-hydrogen) atoms. The summed E-state index contributed by atoms with van der Waals surface area (Å²) in [5.41, 5.74) is 7.79. The Labute approximate surface area is 103 Å². The minimum atomic E-state index is 0.211. The van der Waals surface area contributed by atoms with Gasteiger partial charge in [-0.15, -0.1) is 0 Å². The van der Waals surface area contributed by atoms with Crippen LogP contribution in [-0.4, -0.2) is 29.3 Å². The zero-order valence-electron chi connectivity index (χ0n) is 11.0. The predicted molar refractivity (Wildman–Crippen MR) is 71.1 cm³/mol. The molecule has 0 aliphatic rings. The Balaban J connectivity index is 2.93. The van der Waals surface area contributed by atoms with Crippen LogP contribution >= 0.6 is 0 Å². The van der Waals surface area contributed by atoms with E-state index in [1.807, 2.05) is 6.20 Å². The molecule has 3 N–H and O–H groups in total. The second kappa shape index (κ2) is 6.57. The van der Waals surface area contributed by atoms with Crippen LogP contribution in [0.2, 0.25) is 0 Å². The third-order valence-corrected chi connectivity index (χ3v) is 2.80. The molecule has 1 aromatic heterocycles. The first-order chi connectivity index (χ1) is 8.10. The summed E-state index contributed by atoms with van der Waals surface area (Å²) >= 11 is 0. The SMILES string of the molecule is Cc1cc(CN)cnc1N(CCCO)C(C)C. The topological polar surface area (TPSA) is 62.4 Å². The zero-order valence-corrected chi connectivity index (χ0v) is 11.0. The minimum Gasteiger partial charge on any atom is -0.396 e. The van der Waals surface area contributed by atoms with Gasteiger partial charge >= 0.3 is 0 Å². The van der Waals surface area contributed by atoms with Crippen molar-refractivity contribution in [3.05, 3.63) is 23.4 Å². The maximum atomic E-state index is 8.93. The van der Waals surface area contributed by atoms with Crippen LogP contribution in [0.15, 0.2) is 12.3 Å². The van der Waals surface area contributed by atoms with Gasteiger partial charge in [-0.05, 0) is 44.4 Å². The normalized spacial score (nSPS) is 10.9. The van der Waals surface area contributed by atoms with Crippen LogP contribution < -0.4 is 10.6 Å². The number of pyridine rings is 1. The van der Waals surface area contributed by atoms with Gasteiger partial charge in [-0.1, -0.05) is 0 Å². The molecular weight excluding hydrogens is 214 g/mol. The summed E-state index contributed by atoms with van der Waals surface area (Å²) in [5.74, 6) is 0.991. The van der Waals surface area contributed by atoms with Crippen LogP contribution in [0, 0.1) is 6.92 Å². The van der Waals surface area contributed by atoms with Crippen LogP contribution in [0.3, 0.4) is 0 Å². The number of hydrogen-bond donors (Lipinski definition) is 2. The molecular formula is C13H23N3O. The van der Waals surface area contributed by atoms with Crippen molar-refractivity contribution in [1.82, 2.24) is 4.98 Å². The van der Waals surface area contributed by atoms with Gasteiger partial charge in [0.2, 0.25) is 0 Å². The highest BCUT2D eigenvalue weighted by Crippen LogP contribution is 2.20. The fourth-order valence-electron chi connectivity index (χ4n) is 1.89. The van der Waals surface area contributed by atoms with E-state index in [0.29, 0.717) is 12.6 Å².